The van der Waals surface area contributed by atoms with Crippen LogP contribution in [0.3, 0.4) is 0 Å². The molecular formula is C17H19N5O2S. The summed E-state index contributed by atoms with van der Waals surface area (Å²) < 4.78 is 5.28. The molecule has 0 atom stereocenters. The van der Waals surface area contributed by atoms with Gasteiger partial charge in [-0.15, -0.1) is 0 Å². The zero-order valence-corrected chi connectivity index (χ0v) is 14.8. The average molecular weight is 357 g/mol. The van der Waals surface area contributed by atoms with E-state index in [1.54, 1.807) is 18.5 Å². The first-order chi connectivity index (χ1) is 12.2. The van der Waals surface area contributed by atoms with Gasteiger partial charge < -0.3 is 9.51 Å². The highest BCUT2D eigenvalue weighted by Gasteiger charge is 2.08. The molecule has 0 bridgehead atoms. The number of H-pyrrole nitrogens is 1. The molecule has 3 aromatic rings. The third-order valence-corrected chi connectivity index (χ3v) is 4.42. The molecule has 0 spiro atoms. The number of aromatic amines is 1. The lowest BCUT2D eigenvalue weighted by atomic mass is 10.2. The van der Waals surface area contributed by atoms with Gasteiger partial charge in [-0.25, -0.2) is 4.98 Å². The Morgan fingerprint density at radius 3 is 2.84 bits per heavy atom. The monoisotopic (exact) mass is 357 g/mol. The number of hydrogen-bond acceptors (Lipinski definition) is 7. The summed E-state index contributed by atoms with van der Waals surface area (Å²) in [5.41, 5.74) is 1.63. The second kappa shape index (κ2) is 8.57. The van der Waals surface area contributed by atoms with Crippen LogP contribution in [0.2, 0.25) is 0 Å². The molecule has 0 amide bonds. The van der Waals surface area contributed by atoms with Crippen molar-refractivity contribution in [2.24, 2.45) is 0 Å². The molecule has 3 rings (SSSR count). The SMILES string of the molecule is CCCc1cc(=O)[nH]c(SCCCc2nc(-c3ccncc3)no2)n1. The first-order valence-corrected chi connectivity index (χ1v) is 9.19. The normalized spacial score (nSPS) is 10.9. The molecule has 0 unspecified atom stereocenters. The highest BCUT2D eigenvalue weighted by Crippen LogP contribution is 2.17. The van der Waals surface area contributed by atoms with E-state index in [0.717, 1.165) is 36.3 Å². The van der Waals surface area contributed by atoms with Crippen molar-refractivity contribution < 1.29 is 4.52 Å². The van der Waals surface area contributed by atoms with Gasteiger partial charge in [0.15, 0.2) is 5.16 Å². The van der Waals surface area contributed by atoms with E-state index in [-0.39, 0.29) is 5.56 Å². The summed E-state index contributed by atoms with van der Waals surface area (Å²) >= 11 is 1.53. The Morgan fingerprint density at radius 1 is 1.20 bits per heavy atom. The fourth-order valence-electron chi connectivity index (χ4n) is 2.30. The lowest BCUT2D eigenvalue weighted by molar-refractivity contribution is 0.378. The predicted octanol–water partition coefficient (Wildman–Crippen LogP) is 2.89. The standard InChI is InChI=1S/C17H19N5O2S/c1-2-4-13-11-14(23)20-17(19-13)25-10-3-5-15-21-16(22-24-15)12-6-8-18-9-7-12/h6-9,11H,2-5,10H2,1H3,(H,19,20,23). The zero-order valence-electron chi connectivity index (χ0n) is 13.9. The number of nitrogens with one attached hydrogen (secondary N) is 1. The van der Waals surface area contributed by atoms with Gasteiger partial charge in [-0.3, -0.25) is 9.78 Å². The van der Waals surface area contributed by atoms with Gasteiger partial charge in [-0.1, -0.05) is 30.3 Å². The summed E-state index contributed by atoms with van der Waals surface area (Å²) in [7, 11) is 0. The molecule has 0 aliphatic carbocycles. The molecule has 0 aromatic carbocycles. The smallest absolute Gasteiger partial charge is 0.251 e. The van der Waals surface area contributed by atoms with Crippen molar-refractivity contribution in [3.05, 3.63) is 52.5 Å². The third-order valence-electron chi connectivity index (χ3n) is 3.46. The summed E-state index contributed by atoms with van der Waals surface area (Å²) in [5.74, 6) is 1.99. The summed E-state index contributed by atoms with van der Waals surface area (Å²) in [5, 5.41) is 4.65. The number of pyridine rings is 1. The van der Waals surface area contributed by atoms with Crippen LogP contribution >= 0.6 is 11.8 Å². The van der Waals surface area contributed by atoms with Crippen molar-refractivity contribution >= 4 is 11.8 Å². The number of nitrogens with zero attached hydrogens (tertiary/aromatic N) is 4. The van der Waals surface area contributed by atoms with Crippen LogP contribution in [0.25, 0.3) is 11.4 Å². The molecule has 0 aliphatic rings. The minimum atomic E-state index is -0.0974. The van der Waals surface area contributed by atoms with Gasteiger partial charge in [0.2, 0.25) is 11.7 Å². The van der Waals surface area contributed by atoms with Crippen LogP contribution in [0.5, 0.6) is 0 Å². The Balaban J connectivity index is 1.51. The maximum atomic E-state index is 11.6. The van der Waals surface area contributed by atoms with Crippen LogP contribution in [-0.2, 0) is 12.8 Å². The number of hydrogen-bond donors (Lipinski definition) is 1. The largest absolute Gasteiger partial charge is 0.339 e. The Kier molecular flexibility index (Phi) is 5.95. The fraction of sp³-hybridized carbons (Fsp3) is 0.353. The first-order valence-electron chi connectivity index (χ1n) is 8.20. The third kappa shape index (κ3) is 4.99. The van der Waals surface area contributed by atoms with Gasteiger partial charge in [0.05, 0.1) is 0 Å². The molecule has 0 fully saturated rings. The van der Waals surface area contributed by atoms with Gasteiger partial charge >= 0.3 is 0 Å². The van der Waals surface area contributed by atoms with E-state index in [2.05, 4.69) is 32.0 Å². The van der Waals surface area contributed by atoms with Crippen molar-refractivity contribution in [3.8, 4) is 11.4 Å². The van der Waals surface area contributed by atoms with E-state index in [4.69, 9.17) is 4.52 Å². The lowest BCUT2D eigenvalue weighted by Crippen LogP contribution is -2.10. The van der Waals surface area contributed by atoms with Gasteiger partial charge in [0, 0.05) is 41.9 Å². The molecule has 0 saturated carbocycles. The topological polar surface area (TPSA) is 97.6 Å². The quantitative estimate of drug-likeness (QED) is 0.376. The van der Waals surface area contributed by atoms with Crippen LogP contribution in [-0.4, -0.2) is 30.8 Å². The number of thioether (sulfide) groups is 1. The summed E-state index contributed by atoms with van der Waals surface area (Å²) in [4.78, 5) is 27.2. The zero-order chi connectivity index (χ0) is 17.5. The molecule has 8 heteroatoms. The highest BCUT2D eigenvalue weighted by atomic mass is 32.2. The molecule has 0 saturated heterocycles. The highest BCUT2D eigenvalue weighted by molar-refractivity contribution is 7.99. The molecule has 3 heterocycles. The van der Waals surface area contributed by atoms with Gasteiger partial charge in [0.1, 0.15) is 0 Å². The van der Waals surface area contributed by atoms with Crippen molar-refractivity contribution in [3.63, 3.8) is 0 Å². The van der Waals surface area contributed by atoms with Gasteiger partial charge in [-0.05, 0) is 25.0 Å². The lowest BCUT2D eigenvalue weighted by Gasteiger charge is -2.02. The molecule has 7 nitrogen and oxygen atoms in total. The van der Waals surface area contributed by atoms with Crippen LogP contribution in [0.15, 0.2) is 45.1 Å². The van der Waals surface area contributed by atoms with Gasteiger partial charge in [-0.2, -0.15) is 4.98 Å². The van der Waals surface area contributed by atoms with E-state index in [1.807, 2.05) is 12.1 Å². The van der Waals surface area contributed by atoms with E-state index in [0.29, 0.717) is 23.3 Å². The summed E-state index contributed by atoms with van der Waals surface area (Å²) in [6.45, 7) is 2.07. The van der Waals surface area contributed by atoms with Crippen LogP contribution in [0.4, 0.5) is 0 Å². The number of aromatic nitrogens is 5. The molecule has 1 N–H and O–H groups in total. The second-order valence-electron chi connectivity index (χ2n) is 5.49. The maximum absolute atomic E-state index is 11.6. The molecule has 3 aromatic heterocycles. The molecular weight excluding hydrogens is 338 g/mol. The van der Waals surface area contributed by atoms with Crippen molar-refractivity contribution in [2.45, 2.75) is 37.8 Å². The van der Waals surface area contributed by atoms with E-state index >= 15 is 0 Å². The minimum absolute atomic E-state index is 0.0974. The van der Waals surface area contributed by atoms with Gasteiger partial charge in [0.25, 0.3) is 5.56 Å². The fourth-order valence-corrected chi connectivity index (χ4v) is 3.14. The number of aryl methyl sites for hydroxylation is 2. The first kappa shape index (κ1) is 17.3. The molecule has 130 valence electrons. The van der Waals surface area contributed by atoms with E-state index < -0.39 is 0 Å². The maximum Gasteiger partial charge on any atom is 0.251 e. The molecule has 0 radical (unpaired) electrons. The molecule has 0 aliphatic heterocycles. The Bertz CT molecular complexity index is 863. The summed E-state index contributed by atoms with van der Waals surface area (Å²) in [6, 6.07) is 5.25. The van der Waals surface area contributed by atoms with Crippen LogP contribution in [0, 0.1) is 0 Å². The average Bonchev–Trinajstić information content (AvgIpc) is 3.08. The summed E-state index contributed by atoms with van der Waals surface area (Å²) in [6.07, 6.45) is 6.72. The Labute approximate surface area is 149 Å². The predicted molar refractivity (Wildman–Crippen MR) is 95.4 cm³/mol. The van der Waals surface area contributed by atoms with E-state index in [9.17, 15) is 4.79 Å². The Morgan fingerprint density at radius 2 is 2.04 bits per heavy atom. The number of rotatable bonds is 8. The van der Waals surface area contributed by atoms with Crippen LogP contribution in [0.1, 0.15) is 31.4 Å². The van der Waals surface area contributed by atoms with E-state index in [1.165, 1.54) is 11.8 Å². The van der Waals surface area contributed by atoms with Crippen molar-refractivity contribution in [1.82, 2.24) is 25.1 Å². The van der Waals surface area contributed by atoms with Crippen molar-refractivity contribution in [2.75, 3.05) is 5.75 Å². The second-order valence-corrected chi connectivity index (χ2v) is 6.58. The Hall–Kier alpha value is -2.48. The van der Waals surface area contributed by atoms with Crippen molar-refractivity contribution in [1.29, 1.82) is 0 Å². The van der Waals surface area contributed by atoms with Crippen LogP contribution < -0.4 is 5.56 Å². The minimum Gasteiger partial charge on any atom is -0.339 e. The molecule has 25 heavy (non-hydrogen) atoms.